The van der Waals surface area contributed by atoms with Gasteiger partial charge in [0.25, 0.3) is 5.91 Å². The number of hydrogen-bond acceptors (Lipinski definition) is 3. The number of benzene rings is 2. The molecule has 1 fully saturated rings. The number of carbonyl (C=O) groups is 1. The van der Waals surface area contributed by atoms with E-state index in [1.165, 1.54) is 12.6 Å². The monoisotopic (exact) mass is 390 g/mol. The third-order valence-electron chi connectivity index (χ3n) is 4.99. The van der Waals surface area contributed by atoms with E-state index in [0.29, 0.717) is 6.54 Å². The van der Waals surface area contributed by atoms with Crippen molar-refractivity contribution in [1.29, 1.82) is 0 Å². The normalized spacial score (nSPS) is 17.3. The smallest absolute Gasteiger partial charge is 0.257 e. The minimum absolute atomic E-state index is 0.0293. The lowest BCUT2D eigenvalue weighted by Gasteiger charge is -2.25. The van der Waals surface area contributed by atoms with Crippen molar-refractivity contribution in [3.63, 3.8) is 0 Å². The van der Waals surface area contributed by atoms with E-state index < -0.39 is 21.7 Å². The Labute approximate surface area is 159 Å². The number of sulfonamides is 1. The van der Waals surface area contributed by atoms with Gasteiger partial charge in [-0.05, 0) is 56.5 Å². The fraction of sp³-hybridized carbons (Fsp3) is 0.350. The Morgan fingerprint density at radius 3 is 2.67 bits per heavy atom. The second-order valence-electron chi connectivity index (χ2n) is 6.67. The van der Waals surface area contributed by atoms with Crippen molar-refractivity contribution in [2.45, 2.75) is 36.6 Å². The van der Waals surface area contributed by atoms with Crippen LogP contribution in [0.2, 0.25) is 0 Å². The van der Waals surface area contributed by atoms with Crippen LogP contribution in [0.5, 0.6) is 0 Å². The molecule has 0 aliphatic carbocycles. The zero-order valence-corrected chi connectivity index (χ0v) is 16.0. The van der Waals surface area contributed by atoms with Crippen LogP contribution in [-0.4, -0.2) is 38.9 Å². The maximum Gasteiger partial charge on any atom is 0.257 e. The summed E-state index contributed by atoms with van der Waals surface area (Å²) in [6.45, 7) is 0.556. The highest BCUT2D eigenvalue weighted by Crippen LogP contribution is 2.26. The molecule has 2 aromatic rings. The van der Waals surface area contributed by atoms with Crippen LogP contribution in [-0.2, 0) is 16.4 Å². The molecule has 1 saturated heterocycles. The van der Waals surface area contributed by atoms with Crippen LogP contribution in [0.15, 0.2) is 53.4 Å². The van der Waals surface area contributed by atoms with Crippen molar-refractivity contribution >= 4 is 15.9 Å². The van der Waals surface area contributed by atoms with E-state index in [1.54, 1.807) is 4.90 Å². The topological polar surface area (TPSA) is 66.5 Å². The quantitative estimate of drug-likeness (QED) is 0.825. The molecule has 3 rings (SSSR count). The fourth-order valence-corrected chi connectivity index (χ4v) is 4.25. The molecule has 1 unspecified atom stereocenters. The average Bonchev–Trinajstić information content (AvgIpc) is 3.15. The van der Waals surface area contributed by atoms with Gasteiger partial charge in [0.05, 0.1) is 10.5 Å². The largest absolute Gasteiger partial charge is 0.336 e. The molecule has 0 aromatic heterocycles. The van der Waals surface area contributed by atoms with Crippen molar-refractivity contribution in [1.82, 2.24) is 9.62 Å². The minimum atomic E-state index is -3.74. The third kappa shape index (κ3) is 4.36. The Morgan fingerprint density at radius 1 is 1.22 bits per heavy atom. The van der Waals surface area contributed by atoms with Gasteiger partial charge in [-0.2, -0.15) is 0 Å². The molecule has 2 aromatic carbocycles. The molecule has 1 aliphatic heterocycles. The summed E-state index contributed by atoms with van der Waals surface area (Å²) in [4.78, 5) is 14.5. The molecule has 144 valence electrons. The maximum atomic E-state index is 14.3. The zero-order valence-electron chi connectivity index (χ0n) is 15.2. The summed E-state index contributed by atoms with van der Waals surface area (Å²) >= 11 is 0. The van der Waals surface area contributed by atoms with Gasteiger partial charge in [-0.15, -0.1) is 0 Å². The van der Waals surface area contributed by atoms with Crippen LogP contribution in [0, 0.1) is 5.82 Å². The van der Waals surface area contributed by atoms with Gasteiger partial charge in [0.1, 0.15) is 5.82 Å². The lowest BCUT2D eigenvalue weighted by Crippen LogP contribution is -2.36. The van der Waals surface area contributed by atoms with Crippen LogP contribution in [0.3, 0.4) is 0 Å². The molecule has 0 spiro atoms. The lowest BCUT2D eigenvalue weighted by atomic mass is 10.0. The van der Waals surface area contributed by atoms with Crippen molar-refractivity contribution in [2.24, 2.45) is 0 Å². The van der Waals surface area contributed by atoms with Gasteiger partial charge in [0, 0.05) is 12.6 Å². The highest BCUT2D eigenvalue weighted by molar-refractivity contribution is 7.89. The number of likely N-dealkylation sites (tertiary alicyclic amines) is 1. The molecule has 1 aliphatic rings. The number of hydrogen-bond donors (Lipinski definition) is 1. The summed E-state index contributed by atoms with van der Waals surface area (Å²) in [6.07, 6.45) is 3.37. The molecule has 1 N–H and O–H groups in total. The first kappa shape index (κ1) is 19.5. The van der Waals surface area contributed by atoms with Gasteiger partial charge >= 0.3 is 0 Å². The predicted molar refractivity (Wildman–Crippen MR) is 101 cm³/mol. The van der Waals surface area contributed by atoms with Gasteiger partial charge in [0.15, 0.2) is 0 Å². The van der Waals surface area contributed by atoms with E-state index in [9.17, 15) is 17.6 Å². The molecule has 1 amide bonds. The Balaban J connectivity index is 1.79. The SMILES string of the molecule is CNS(=O)(=O)c1ccc(F)c(C(=O)N2CCCC2CCc2ccccc2)c1. The van der Waals surface area contributed by atoms with Crippen molar-refractivity contribution in [2.75, 3.05) is 13.6 Å². The number of nitrogens with one attached hydrogen (secondary N) is 1. The lowest BCUT2D eigenvalue weighted by molar-refractivity contribution is 0.0725. The van der Waals surface area contributed by atoms with Gasteiger partial charge < -0.3 is 4.90 Å². The summed E-state index contributed by atoms with van der Waals surface area (Å²) in [5.74, 6) is -1.15. The molecule has 27 heavy (non-hydrogen) atoms. The first-order valence-electron chi connectivity index (χ1n) is 9.00. The zero-order chi connectivity index (χ0) is 19.4. The summed E-state index contributed by atoms with van der Waals surface area (Å²) in [7, 11) is -2.46. The molecule has 1 heterocycles. The summed E-state index contributed by atoms with van der Waals surface area (Å²) in [6, 6.07) is 13.4. The molecule has 1 atom stereocenters. The van der Waals surface area contributed by atoms with E-state index in [0.717, 1.165) is 43.9 Å². The van der Waals surface area contributed by atoms with Crippen LogP contribution >= 0.6 is 0 Å². The fourth-order valence-electron chi connectivity index (χ4n) is 3.49. The van der Waals surface area contributed by atoms with Gasteiger partial charge in [0.2, 0.25) is 10.0 Å². The van der Waals surface area contributed by atoms with E-state index in [4.69, 9.17) is 0 Å². The first-order chi connectivity index (χ1) is 12.9. The molecule has 0 radical (unpaired) electrons. The van der Waals surface area contributed by atoms with Gasteiger partial charge in [-0.3, -0.25) is 4.79 Å². The molecular weight excluding hydrogens is 367 g/mol. The second kappa shape index (κ2) is 8.19. The number of aryl methyl sites for hydroxylation is 1. The molecule has 5 nitrogen and oxygen atoms in total. The van der Waals surface area contributed by atoms with Crippen molar-refractivity contribution < 1.29 is 17.6 Å². The molecule has 0 bridgehead atoms. The Hall–Kier alpha value is -2.25. The van der Waals surface area contributed by atoms with Crippen LogP contribution in [0.25, 0.3) is 0 Å². The van der Waals surface area contributed by atoms with Gasteiger partial charge in [-0.25, -0.2) is 17.5 Å². The number of rotatable bonds is 6. The number of amides is 1. The molecule has 7 heteroatoms. The third-order valence-corrected chi connectivity index (χ3v) is 6.41. The second-order valence-corrected chi connectivity index (χ2v) is 8.55. The maximum absolute atomic E-state index is 14.3. The van der Waals surface area contributed by atoms with Gasteiger partial charge in [-0.1, -0.05) is 30.3 Å². The predicted octanol–water partition coefficient (Wildman–Crippen LogP) is 2.97. The van der Waals surface area contributed by atoms with E-state index in [1.807, 2.05) is 30.3 Å². The van der Waals surface area contributed by atoms with Crippen molar-refractivity contribution in [3.05, 3.63) is 65.5 Å². The average molecular weight is 390 g/mol. The Bertz CT molecular complexity index is 916. The highest BCUT2D eigenvalue weighted by Gasteiger charge is 2.31. The number of carbonyl (C=O) groups excluding carboxylic acids is 1. The summed E-state index contributed by atoms with van der Waals surface area (Å²) in [5, 5.41) is 0. The van der Waals surface area contributed by atoms with Crippen LogP contribution in [0.4, 0.5) is 4.39 Å². The highest BCUT2D eigenvalue weighted by atomic mass is 32.2. The Kier molecular flexibility index (Phi) is 5.92. The standard InChI is InChI=1S/C20H23FN2O3S/c1-22-27(25,26)17-11-12-19(21)18(14-17)20(24)23-13-5-8-16(23)10-9-15-6-3-2-4-7-15/h2-4,6-7,11-12,14,16,22H,5,8-10,13H2,1H3. The molecule has 0 saturated carbocycles. The summed E-state index contributed by atoms with van der Waals surface area (Å²) in [5.41, 5.74) is 1.00. The van der Waals surface area contributed by atoms with E-state index in [2.05, 4.69) is 4.72 Å². The number of halogens is 1. The van der Waals surface area contributed by atoms with Crippen molar-refractivity contribution in [3.8, 4) is 0 Å². The molecular formula is C20H23FN2O3S. The minimum Gasteiger partial charge on any atom is -0.336 e. The van der Waals surface area contributed by atoms with Crippen LogP contribution in [0.1, 0.15) is 35.2 Å². The Morgan fingerprint density at radius 2 is 1.96 bits per heavy atom. The van der Waals surface area contributed by atoms with E-state index >= 15 is 0 Å². The van der Waals surface area contributed by atoms with E-state index in [-0.39, 0.29) is 16.5 Å². The summed E-state index contributed by atoms with van der Waals surface area (Å²) < 4.78 is 40.4. The van der Waals surface area contributed by atoms with Crippen LogP contribution < -0.4 is 4.72 Å². The first-order valence-corrected chi connectivity index (χ1v) is 10.5. The number of nitrogens with zero attached hydrogens (tertiary/aromatic N) is 1.